The third-order valence-electron chi connectivity index (χ3n) is 5.43. The van der Waals surface area contributed by atoms with Crippen LogP contribution >= 0.6 is 0 Å². The minimum atomic E-state index is -0.548. The molecule has 0 atom stereocenters. The Morgan fingerprint density at radius 1 is 1.13 bits per heavy atom. The molecule has 2 heterocycles. The minimum Gasteiger partial charge on any atom is -0.455 e. The summed E-state index contributed by atoms with van der Waals surface area (Å²) in [6.07, 6.45) is 6.74. The van der Waals surface area contributed by atoms with E-state index < -0.39 is 11.6 Å². The number of aromatic nitrogens is 2. The zero-order valence-electron chi connectivity index (χ0n) is 18.1. The molecule has 1 N–H and O–H groups in total. The molecule has 2 fully saturated rings. The number of carbonyl (C=O) groups is 3. The molecule has 9 nitrogen and oxygen atoms in total. The number of ether oxygens (including phenoxy) is 2. The van der Waals surface area contributed by atoms with Gasteiger partial charge in [0.2, 0.25) is 0 Å². The number of carbonyl (C=O) groups excluding carboxylic acids is 3. The zero-order chi connectivity index (χ0) is 21.7. The molecule has 1 aliphatic heterocycles. The van der Waals surface area contributed by atoms with Gasteiger partial charge in [-0.05, 0) is 46.5 Å². The van der Waals surface area contributed by atoms with Crippen molar-refractivity contribution in [2.75, 3.05) is 25.0 Å². The van der Waals surface area contributed by atoms with E-state index in [0.717, 1.165) is 12.8 Å². The summed E-state index contributed by atoms with van der Waals surface area (Å²) in [4.78, 5) is 38.3. The molecule has 3 rings (SSSR count). The van der Waals surface area contributed by atoms with Gasteiger partial charge >= 0.3 is 12.1 Å². The molecule has 166 valence electrons. The van der Waals surface area contributed by atoms with Crippen LogP contribution in [0.4, 0.5) is 10.6 Å². The van der Waals surface area contributed by atoms with E-state index in [4.69, 9.17) is 9.47 Å². The first-order valence-electron chi connectivity index (χ1n) is 10.7. The number of likely N-dealkylation sites (tertiary alicyclic amines) is 1. The SMILES string of the molecule is CC(C)(C)OC(=O)N1CCC(C(=O)OCC(=O)Nc2ccnn2C2CCCC2)CC1. The highest BCUT2D eigenvalue weighted by Crippen LogP contribution is 2.31. The van der Waals surface area contributed by atoms with Gasteiger partial charge in [-0.25, -0.2) is 9.48 Å². The normalized spacial score (nSPS) is 18.3. The van der Waals surface area contributed by atoms with Crippen LogP contribution in [0, 0.1) is 5.92 Å². The Bertz CT molecular complexity index is 756. The quantitative estimate of drug-likeness (QED) is 0.734. The van der Waals surface area contributed by atoms with Crippen molar-refractivity contribution < 1.29 is 23.9 Å². The van der Waals surface area contributed by atoms with Gasteiger partial charge in [0.05, 0.1) is 18.2 Å². The second-order valence-electron chi connectivity index (χ2n) is 9.00. The van der Waals surface area contributed by atoms with E-state index in [1.165, 1.54) is 12.8 Å². The molecule has 1 saturated heterocycles. The average Bonchev–Trinajstić information content (AvgIpc) is 3.36. The van der Waals surface area contributed by atoms with Crippen molar-refractivity contribution in [1.82, 2.24) is 14.7 Å². The Hall–Kier alpha value is -2.58. The van der Waals surface area contributed by atoms with Crippen molar-refractivity contribution >= 4 is 23.8 Å². The standard InChI is InChI=1S/C21H32N4O5/c1-21(2,3)30-20(28)24-12-9-15(10-13-24)19(27)29-14-18(26)23-17-8-11-22-25(17)16-6-4-5-7-16/h8,11,15-16H,4-7,9-10,12-14H2,1-3H3,(H,23,26). The number of rotatable bonds is 5. The third-order valence-corrected chi connectivity index (χ3v) is 5.43. The third kappa shape index (κ3) is 5.96. The van der Waals surface area contributed by atoms with Crippen molar-refractivity contribution in [3.63, 3.8) is 0 Å². The summed E-state index contributed by atoms with van der Waals surface area (Å²) in [5, 5.41) is 7.10. The maximum atomic E-state index is 12.3. The van der Waals surface area contributed by atoms with Crippen LogP contribution in [-0.4, -0.2) is 57.9 Å². The fourth-order valence-corrected chi connectivity index (χ4v) is 3.91. The molecule has 0 bridgehead atoms. The molecule has 30 heavy (non-hydrogen) atoms. The molecule has 0 unspecified atom stereocenters. The maximum absolute atomic E-state index is 12.3. The molecule has 2 amide bonds. The highest BCUT2D eigenvalue weighted by molar-refractivity contribution is 5.92. The van der Waals surface area contributed by atoms with Crippen molar-refractivity contribution in [2.45, 2.75) is 70.9 Å². The van der Waals surface area contributed by atoms with Crippen molar-refractivity contribution in [1.29, 1.82) is 0 Å². The predicted molar refractivity (Wildman–Crippen MR) is 110 cm³/mol. The Kier molecular flexibility index (Phi) is 6.99. The highest BCUT2D eigenvalue weighted by Gasteiger charge is 2.31. The van der Waals surface area contributed by atoms with Crippen molar-refractivity contribution in [3.05, 3.63) is 12.3 Å². The summed E-state index contributed by atoms with van der Waals surface area (Å²) in [7, 11) is 0. The van der Waals surface area contributed by atoms with E-state index in [1.807, 2.05) is 25.5 Å². The monoisotopic (exact) mass is 420 g/mol. The van der Waals surface area contributed by atoms with Crippen molar-refractivity contribution in [3.8, 4) is 0 Å². The second kappa shape index (κ2) is 9.49. The number of hydrogen-bond donors (Lipinski definition) is 1. The van der Waals surface area contributed by atoms with Crippen LogP contribution in [0.1, 0.15) is 65.3 Å². The maximum Gasteiger partial charge on any atom is 0.410 e. The summed E-state index contributed by atoms with van der Waals surface area (Å²) >= 11 is 0. The summed E-state index contributed by atoms with van der Waals surface area (Å²) in [6.45, 7) is 5.99. The lowest BCUT2D eigenvalue weighted by Gasteiger charge is -2.32. The molecule has 1 aromatic rings. The van der Waals surface area contributed by atoms with Crippen molar-refractivity contribution in [2.24, 2.45) is 5.92 Å². The molecule has 0 spiro atoms. The Morgan fingerprint density at radius 2 is 1.80 bits per heavy atom. The van der Waals surface area contributed by atoms with Crippen LogP contribution in [0.5, 0.6) is 0 Å². The predicted octanol–water partition coefficient (Wildman–Crippen LogP) is 3.13. The number of esters is 1. The van der Waals surface area contributed by atoms with E-state index in [0.29, 0.717) is 37.8 Å². The molecule has 0 aromatic carbocycles. The van der Waals surface area contributed by atoms with Crippen LogP contribution in [-0.2, 0) is 19.1 Å². The van der Waals surface area contributed by atoms with E-state index >= 15 is 0 Å². The lowest BCUT2D eigenvalue weighted by Crippen LogP contribution is -2.43. The molecule has 2 aliphatic rings. The topological polar surface area (TPSA) is 103 Å². The Balaban J connectivity index is 1.40. The van der Waals surface area contributed by atoms with Gasteiger partial charge in [0.1, 0.15) is 11.4 Å². The van der Waals surface area contributed by atoms with Crippen LogP contribution < -0.4 is 5.32 Å². The lowest BCUT2D eigenvalue weighted by atomic mass is 9.97. The fourth-order valence-electron chi connectivity index (χ4n) is 3.91. The Labute approximate surface area is 177 Å². The first kappa shape index (κ1) is 22.1. The summed E-state index contributed by atoms with van der Waals surface area (Å²) in [5.74, 6) is -0.471. The van der Waals surface area contributed by atoms with Gasteiger partial charge in [-0.1, -0.05) is 12.8 Å². The largest absolute Gasteiger partial charge is 0.455 e. The smallest absolute Gasteiger partial charge is 0.410 e. The molecule has 1 saturated carbocycles. The molecule has 1 aromatic heterocycles. The van der Waals surface area contributed by atoms with Gasteiger partial charge in [-0.3, -0.25) is 9.59 Å². The lowest BCUT2D eigenvalue weighted by molar-refractivity contribution is -0.153. The van der Waals surface area contributed by atoms with Gasteiger partial charge < -0.3 is 19.7 Å². The average molecular weight is 421 g/mol. The molecular weight excluding hydrogens is 388 g/mol. The fraction of sp³-hybridized carbons (Fsp3) is 0.714. The second-order valence-corrected chi connectivity index (χ2v) is 9.00. The van der Waals surface area contributed by atoms with E-state index in [-0.39, 0.29) is 24.5 Å². The summed E-state index contributed by atoms with van der Waals surface area (Å²) in [6, 6.07) is 2.07. The zero-order valence-corrected chi connectivity index (χ0v) is 18.1. The van der Waals surface area contributed by atoms with E-state index in [2.05, 4.69) is 10.4 Å². The molecule has 9 heteroatoms. The first-order chi connectivity index (χ1) is 14.2. The first-order valence-corrected chi connectivity index (χ1v) is 10.7. The van der Waals surface area contributed by atoms with Gasteiger partial charge in [-0.15, -0.1) is 0 Å². The molecule has 0 radical (unpaired) electrons. The number of nitrogens with one attached hydrogen (secondary N) is 1. The van der Waals surface area contributed by atoms with Gasteiger partial charge in [-0.2, -0.15) is 5.10 Å². The van der Waals surface area contributed by atoms with Gasteiger partial charge in [0.25, 0.3) is 5.91 Å². The summed E-state index contributed by atoms with van der Waals surface area (Å²) < 4.78 is 12.4. The number of anilines is 1. The number of piperidine rings is 1. The highest BCUT2D eigenvalue weighted by atomic mass is 16.6. The molecule has 1 aliphatic carbocycles. The van der Waals surface area contributed by atoms with Crippen LogP contribution in [0.3, 0.4) is 0 Å². The van der Waals surface area contributed by atoms with E-state index in [1.54, 1.807) is 17.2 Å². The minimum absolute atomic E-state index is 0.313. The van der Waals surface area contributed by atoms with E-state index in [9.17, 15) is 14.4 Å². The van der Waals surface area contributed by atoms with Gasteiger partial charge in [0.15, 0.2) is 6.61 Å². The number of nitrogens with zero attached hydrogens (tertiary/aromatic N) is 3. The number of amides is 2. The van der Waals surface area contributed by atoms with Crippen LogP contribution in [0.25, 0.3) is 0 Å². The van der Waals surface area contributed by atoms with Crippen LogP contribution in [0.15, 0.2) is 12.3 Å². The van der Waals surface area contributed by atoms with Crippen LogP contribution in [0.2, 0.25) is 0 Å². The Morgan fingerprint density at radius 3 is 2.43 bits per heavy atom. The number of hydrogen-bond acceptors (Lipinski definition) is 6. The summed E-state index contributed by atoms with van der Waals surface area (Å²) in [5.41, 5.74) is -0.548. The van der Waals surface area contributed by atoms with Gasteiger partial charge in [0, 0.05) is 19.2 Å². The molecular formula is C21H32N4O5.